The van der Waals surface area contributed by atoms with Crippen LogP contribution in [0.25, 0.3) is 0 Å². The Morgan fingerprint density at radius 1 is 1.18 bits per heavy atom. The lowest BCUT2D eigenvalue weighted by molar-refractivity contribution is 0.458. The van der Waals surface area contributed by atoms with Gasteiger partial charge in [-0.05, 0) is 24.8 Å². The van der Waals surface area contributed by atoms with Crippen molar-refractivity contribution in [1.82, 2.24) is 10.9 Å². The lowest BCUT2D eigenvalue weighted by Crippen LogP contribution is -2.32. The highest BCUT2D eigenvalue weighted by molar-refractivity contribution is 5.18. The van der Waals surface area contributed by atoms with Crippen molar-refractivity contribution in [3.05, 3.63) is 35.4 Å². The zero-order valence-corrected chi connectivity index (χ0v) is 10.4. The monoisotopic (exact) mass is 242 g/mol. The molecule has 0 unspecified atom stereocenters. The number of hydrazine groups is 1. The standard InChI is InChI=1S/C13H20F2N2/c1-10(2)5-4-8-16-17-9-11-6-3-7-12(14)13(11)15/h3,6-7,10,16-17H,4-5,8-9H2,1-2H3. The second kappa shape index (κ2) is 7.35. The molecule has 2 N–H and O–H groups in total. The largest absolute Gasteiger partial charge is 0.258 e. The van der Waals surface area contributed by atoms with Crippen LogP contribution >= 0.6 is 0 Å². The average molecular weight is 242 g/mol. The minimum atomic E-state index is -0.802. The van der Waals surface area contributed by atoms with Gasteiger partial charge in [0, 0.05) is 18.7 Å². The molecule has 0 radical (unpaired) electrons. The van der Waals surface area contributed by atoms with Gasteiger partial charge in [0.15, 0.2) is 11.6 Å². The van der Waals surface area contributed by atoms with Gasteiger partial charge < -0.3 is 0 Å². The molecule has 0 heterocycles. The molecule has 0 amide bonds. The average Bonchev–Trinajstić information content (AvgIpc) is 2.28. The normalized spacial score (nSPS) is 11.1. The topological polar surface area (TPSA) is 24.1 Å². The van der Waals surface area contributed by atoms with Crippen molar-refractivity contribution in [2.45, 2.75) is 33.2 Å². The second-order valence-corrected chi connectivity index (χ2v) is 4.53. The molecule has 1 aromatic carbocycles. The van der Waals surface area contributed by atoms with Crippen molar-refractivity contribution < 1.29 is 8.78 Å². The molecule has 2 nitrogen and oxygen atoms in total. The molecule has 96 valence electrons. The summed E-state index contributed by atoms with van der Waals surface area (Å²) in [6.07, 6.45) is 2.22. The Balaban J connectivity index is 2.20. The first-order valence-electron chi connectivity index (χ1n) is 6.00. The van der Waals surface area contributed by atoms with E-state index < -0.39 is 11.6 Å². The Kier molecular flexibility index (Phi) is 6.08. The molecule has 1 rings (SSSR count). The third kappa shape index (κ3) is 5.24. The fourth-order valence-corrected chi connectivity index (χ4v) is 1.53. The van der Waals surface area contributed by atoms with E-state index in [1.165, 1.54) is 6.07 Å². The number of hydrogen-bond acceptors (Lipinski definition) is 2. The van der Waals surface area contributed by atoms with Crippen molar-refractivity contribution in [1.29, 1.82) is 0 Å². The molecule has 0 saturated heterocycles. The Morgan fingerprint density at radius 2 is 1.94 bits per heavy atom. The van der Waals surface area contributed by atoms with Gasteiger partial charge in [0.1, 0.15) is 0 Å². The van der Waals surface area contributed by atoms with Crippen LogP contribution in [0.15, 0.2) is 18.2 Å². The lowest BCUT2D eigenvalue weighted by Gasteiger charge is -2.09. The Morgan fingerprint density at radius 3 is 2.65 bits per heavy atom. The molecule has 0 aliphatic rings. The Hall–Kier alpha value is -1.00. The summed E-state index contributed by atoms with van der Waals surface area (Å²) in [5.41, 5.74) is 6.22. The summed E-state index contributed by atoms with van der Waals surface area (Å²) < 4.78 is 26.1. The van der Waals surface area contributed by atoms with Crippen molar-refractivity contribution >= 4 is 0 Å². The number of rotatable bonds is 7. The van der Waals surface area contributed by atoms with Crippen LogP contribution in [-0.4, -0.2) is 6.54 Å². The molecule has 1 aromatic rings. The molecular weight excluding hydrogens is 222 g/mol. The van der Waals surface area contributed by atoms with Gasteiger partial charge in [-0.15, -0.1) is 0 Å². The minimum absolute atomic E-state index is 0.283. The maximum atomic E-state index is 13.2. The predicted molar refractivity (Wildman–Crippen MR) is 65.3 cm³/mol. The molecule has 0 bridgehead atoms. The van der Waals surface area contributed by atoms with E-state index in [-0.39, 0.29) is 6.54 Å². The maximum absolute atomic E-state index is 13.2. The lowest BCUT2D eigenvalue weighted by atomic mass is 10.1. The van der Waals surface area contributed by atoms with Crippen molar-refractivity contribution in [2.75, 3.05) is 6.54 Å². The summed E-state index contributed by atoms with van der Waals surface area (Å²) in [6.45, 7) is 5.46. The molecule has 0 fully saturated rings. The molecule has 0 saturated carbocycles. The highest BCUT2D eigenvalue weighted by Gasteiger charge is 2.06. The van der Waals surface area contributed by atoms with E-state index >= 15 is 0 Å². The van der Waals surface area contributed by atoms with Crippen LogP contribution in [-0.2, 0) is 6.54 Å². The van der Waals surface area contributed by atoms with Crippen LogP contribution in [0.2, 0.25) is 0 Å². The molecule has 0 aliphatic heterocycles. The summed E-state index contributed by atoms with van der Waals surface area (Å²) in [7, 11) is 0. The van der Waals surface area contributed by atoms with Crippen LogP contribution in [0.5, 0.6) is 0 Å². The van der Waals surface area contributed by atoms with Crippen molar-refractivity contribution in [3.63, 3.8) is 0 Å². The predicted octanol–water partition coefficient (Wildman–Crippen LogP) is 3.00. The zero-order valence-electron chi connectivity index (χ0n) is 10.4. The van der Waals surface area contributed by atoms with Gasteiger partial charge in [0.2, 0.25) is 0 Å². The molecular formula is C13H20F2N2. The first kappa shape index (κ1) is 14.1. The third-order valence-corrected chi connectivity index (χ3v) is 2.52. The minimum Gasteiger partial charge on any atom is -0.258 e. The number of benzene rings is 1. The molecule has 4 heteroatoms. The summed E-state index contributed by atoms with van der Waals surface area (Å²) in [6, 6.07) is 4.20. The van der Waals surface area contributed by atoms with E-state index in [1.807, 2.05) is 0 Å². The quantitative estimate of drug-likeness (QED) is 0.567. The molecule has 0 atom stereocenters. The number of nitrogens with one attached hydrogen (secondary N) is 2. The zero-order chi connectivity index (χ0) is 12.7. The van der Waals surface area contributed by atoms with Gasteiger partial charge in [0.05, 0.1) is 0 Å². The Labute approximate surface area is 101 Å². The first-order chi connectivity index (χ1) is 8.11. The first-order valence-corrected chi connectivity index (χ1v) is 6.00. The van der Waals surface area contributed by atoms with E-state index in [1.54, 1.807) is 6.07 Å². The summed E-state index contributed by atoms with van der Waals surface area (Å²) >= 11 is 0. The fraction of sp³-hybridized carbons (Fsp3) is 0.538. The van der Waals surface area contributed by atoms with Gasteiger partial charge in [-0.25, -0.2) is 8.78 Å². The van der Waals surface area contributed by atoms with E-state index in [4.69, 9.17) is 0 Å². The third-order valence-electron chi connectivity index (χ3n) is 2.52. The highest BCUT2D eigenvalue weighted by Crippen LogP contribution is 2.10. The summed E-state index contributed by atoms with van der Waals surface area (Å²) in [4.78, 5) is 0. The molecule has 17 heavy (non-hydrogen) atoms. The summed E-state index contributed by atoms with van der Waals surface area (Å²) in [5, 5.41) is 0. The summed E-state index contributed by atoms with van der Waals surface area (Å²) in [5.74, 6) is -0.884. The van der Waals surface area contributed by atoms with Crippen LogP contribution in [0.4, 0.5) is 8.78 Å². The van der Waals surface area contributed by atoms with Crippen LogP contribution in [0, 0.1) is 17.6 Å². The van der Waals surface area contributed by atoms with E-state index in [0.29, 0.717) is 11.5 Å². The smallest absolute Gasteiger partial charge is 0.163 e. The van der Waals surface area contributed by atoms with Crippen molar-refractivity contribution in [3.8, 4) is 0 Å². The van der Waals surface area contributed by atoms with Gasteiger partial charge in [-0.1, -0.05) is 26.0 Å². The van der Waals surface area contributed by atoms with E-state index in [2.05, 4.69) is 24.7 Å². The van der Waals surface area contributed by atoms with Crippen LogP contribution in [0.3, 0.4) is 0 Å². The fourth-order valence-electron chi connectivity index (χ4n) is 1.53. The van der Waals surface area contributed by atoms with Crippen molar-refractivity contribution in [2.24, 2.45) is 5.92 Å². The van der Waals surface area contributed by atoms with Gasteiger partial charge in [-0.2, -0.15) is 0 Å². The van der Waals surface area contributed by atoms with Gasteiger partial charge in [0.25, 0.3) is 0 Å². The molecule has 0 aromatic heterocycles. The van der Waals surface area contributed by atoms with Crippen LogP contribution in [0.1, 0.15) is 32.3 Å². The van der Waals surface area contributed by atoms with Gasteiger partial charge in [-0.3, -0.25) is 10.9 Å². The number of hydrogen-bond donors (Lipinski definition) is 2. The van der Waals surface area contributed by atoms with Gasteiger partial charge >= 0.3 is 0 Å². The number of halogens is 2. The van der Waals surface area contributed by atoms with E-state index in [9.17, 15) is 8.78 Å². The molecule has 0 aliphatic carbocycles. The Bertz CT molecular complexity index is 340. The molecule has 0 spiro atoms. The highest BCUT2D eigenvalue weighted by atomic mass is 19.2. The maximum Gasteiger partial charge on any atom is 0.163 e. The second-order valence-electron chi connectivity index (χ2n) is 4.53. The SMILES string of the molecule is CC(C)CCCNNCc1cccc(F)c1F. The van der Waals surface area contributed by atoms with E-state index in [0.717, 1.165) is 25.5 Å². The van der Waals surface area contributed by atoms with Crippen LogP contribution < -0.4 is 10.9 Å².